The predicted molar refractivity (Wildman–Crippen MR) is 128 cm³/mol. The van der Waals surface area contributed by atoms with Crippen LogP contribution in [0.5, 0.6) is 0 Å². The average molecular weight is 441 g/mol. The van der Waals surface area contributed by atoms with Crippen LogP contribution in [0.3, 0.4) is 0 Å². The molecule has 0 N–H and O–H groups in total. The fraction of sp³-hybridized carbons (Fsp3) is 0.360. The number of likely N-dealkylation sites (tertiary alicyclic amines) is 1. The molecule has 0 radical (unpaired) electrons. The number of hydrogen-bond donors (Lipinski definition) is 0. The van der Waals surface area contributed by atoms with Gasteiger partial charge in [0.2, 0.25) is 0 Å². The molecule has 0 aromatic carbocycles. The molecule has 5 aromatic heterocycles. The van der Waals surface area contributed by atoms with E-state index < -0.39 is 0 Å². The second-order valence-electron chi connectivity index (χ2n) is 9.18. The van der Waals surface area contributed by atoms with Crippen LogP contribution < -0.4 is 0 Å². The maximum atomic E-state index is 4.71. The summed E-state index contributed by atoms with van der Waals surface area (Å²) in [6, 6.07) is 9.27. The first-order valence-electron chi connectivity index (χ1n) is 11.7. The monoisotopic (exact) mass is 440 g/mol. The van der Waals surface area contributed by atoms with Crippen LogP contribution >= 0.6 is 0 Å². The first-order valence-corrected chi connectivity index (χ1v) is 11.7. The number of nitrogens with zero attached hydrogens (tertiary/aromatic N) is 8. The van der Waals surface area contributed by atoms with Crippen molar-refractivity contribution in [3.05, 3.63) is 67.1 Å². The molecular formula is C25H28N8. The van der Waals surface area contributed by atoms with Crippen LogP contribution in [0.4, 0.5) is 0 Å². The average Bonchev–Trinajstić information content (AvgIpc) is 3.58. The predicted octanol–water partition coefficient (Wildman–Crippen LogP) is 4.04. The number of rotatable bonds is 5. The Labute approximate surface area is 192 Å². The third-order valence-corrected chi connectivity index (χ3v) is 6.84. The molecule has 1 saturated heterocycles. The van der Waals surface area contributed by atoms with Gasteiger partial charge < -0.3 is 9.30 Å². The Bertz CT molecular complexity index is 1400. The Morgan fingerprint density at radius 3 is 2.70 bits per heavy atom. The number of imidazole rings is 1. The molecule has 0 atom stereocenters. The van der Waals surface area contributed by atoms with Crippen molar-refractivity contribution in [3.8, 4) is 11.1 Å². The van der Waals surface area contributed by atoms with Crippen molar-refractivity contribution in [1.29, 1.82) is 0 Å². The van der Waals surface area contributed by atoms with Gasteiger partial charge in [0.25, 0.3) is 0 Å². The Kier molecular flexibility index (Phi) is 4.95. The van der Waals surface area contributed by atoms with Crippen LogP contribution in [0.15, 0.2) is 61.4 Å². The number of aromatic nitrogens is 7. The summed E-state index contributed by atoms with van der Waals surface area (Å²) in [6.07, 6.45) is 14.1. The number of pyridine rings is 2. The SMILES string of the molecule is CC(C)N1CCC(n2cc(-c3cnc4cnn(Cc5cnc6ccccn56)c4c3)cn2)CC1. The van der Waals surface area contributed by atoms with Crippen molar-refractivity contribution in [1.82, 2.24) is 38.8 Å². The van der Waals surface area contributed by atoms with Crippen LogP contribution in [-0.2, 0) is 6.54 Å². The van der Waals surface area contributed by atoms with Gasteiger partial charge >= 0.3 is 0 Å². The minimum atomic E-state index is 0.464. The molecule has 6 rings (SSSR count). The summed E-state index contributed by atoms with van der Waals surface area (Å²) >= 11 is 0. The van der Waals surface area contributed by atoms with Crippen molar-refractivity contribution in [3.63, 3.8) is 0 Å². The first kappa shape index (κ1) is 20.1. The standard InChI is InChI=1S/C25H28N8/c1-18(2)30-9-6-21(7-10-30)32-16-20(13-28-32)19-11-24-23(26-12-19)15-29-33(24)17-22-14-27-25-5-3-4-8-31(22)25/h3-5,8,11-16,18,21H,6-7,9-10,17H2,1-2H3. The van der Waals surface area contributed by atoms with Gasteiger partial charge in [-0.15, -0.1) is 0 Å². The number of fused-ring (bicyclic) bond motifs is 2. The maximum absolute atomic E-state index is 4.71. The van der Waals surface area contributed by atoms with E-state index in [0.717, 1.165) is 59.4 Å². The van der Waals surface area contributed by atoms with Gasteiger partial charge in [-0.2, -0.15) is 10.2 Å². The third-order valence-electron chi connectivity index (χ3n) is 6.84. The number of hydrogen-bond acceptors (Lipinski definition) is 5. The molecule has 5 aromatic rings. The van der Waals surface area contributed by atoms with Crippen LogP contribution in [0.25, 0.3) is 27.8 Å². The molecule has 0 amide bonds. The number of piperidine rings is 1. The van der Waals surface area contributed by atoms with Crippen molar-refractivity contribution in [2.45, 2.75) is 45.3 Å². The van der Waals surface area contributed by atoms with Gasteiger partial charge in [0.1, 0.15) is 11.2 Å². The molecule has 0 saturated carbocycles. The molecule has 8 heteroatoms. The normalized spacial score (nSPS) is 15.8. The zero-order chi connectivity index (χ0) is 22.4. The van der Waals surface area contributed by atoms with E-state index in [9.17, 15) is 0 Å². The summed E-state index contributed by atoms with van der Waals surface area (Å²) < 4.78 is 6.24. The molecule has 33 heavy (non-hydrogen) atoms. The lowest BCUT2D eigenvalue weighted by Crippen LogP contribution is -2.39. The molecule has 0 aliphatic carbocycles. The molecule has 8 nitrogen and oxygen atoms in total. The summed E-state index contributed by atoms with van der Waals surface area (Å²) in [4.78, 5) is 11.7. The second kappa shape index (κ2) is 8.12. The Morgan fingerprint density at radius 2 is 1.85 bits per heavy atom. The highest BCUT2D eigenvalue weighted by Gasteiger charge is 2.22. The van der Waals surface area contributed by atoms with Gasteiger partial charge in [-0.05, 0) is 44.9 Å². The molecule has 0 bridgehead atoms. The second-order valence-corrected chi connectivity index (χ2v) is 9.18. The maximum Gasteiger partial charge on any atom is 0.136 e. The zero-order valence-corrected chi connectivity index (χ0v) is 19.0. The van der Waals surface area contributed by atoms with Crippen LogP contribution in [0.1, 0.15) is 38.4 Å². The van der Waals surface area contributed by atoms with Crippen LogP contribution in [0, 0.1) is 0 Å². The Hall–Kier alpha value is -3.52. The van der Waals surface area contributed by atoms with E-state index in [4.69, 9.17) is 5.10 Å². The molecule has 1 aliphatic heterocycles. The third kappa shape index (κ3) is 3.70. The highest BCUT2D eigenvalue weighted by molar-refractivity contribution is 5.80. The largest absolute Gasteiger partial charge is 0.302 e. The first-order chi connectivity index (χ1) is 16.2. The van der Waals surface area contributed by atoms with E-state index >= 15 is 0 Å². The lowest BCUT2D eigenvalue weighted by atomic mass is 10.0. The van der Waals surface area contributed by atoms with Gasteiger partial charge in [-0.3, -0.25) is 14.3 Å². The molecule has 1 aliphatic rings. The fourth-order valence-electron chi connectivity index (χ4n) is 4.85. The summed E-state index contributed by atoms with van der Waals surface area (Å²) in [6.45, 7) is 7.44. The summed E-state index contributed by atoms with van der Waals surface area (Å²) in [5, 5.41) is 9.31. The molecule has 0 unspecified atom stereocenters. The lowest BCUT2D eigenvalue weighted by Gasteiger charge is -2.34. The van der Waals surface area contributed by atoms with Crippen molar-refractivity contribution < 1.29 is 0 Å². The minimum absolute atomic E-state index is 0.464. The molecular weight excluding hydrogens is 412 g/mol. The minimum Gasteiger partial charge on any atom is -0.302 e. The van der Waals surface area contributed by atoms with Gasteiger partial charge in [0.05, 0.1) is 42.4 Å². The lowest BCUT2D eigenvalue weighted by molar-refractivity contribution is 0.147. The zero-order valence-electron chi connectivity index (χ0n) is 19.0. The smallest absolute Gasteiger partial charge is 0.136 e. The van der Waals surface area contributed by atoms with Crippen molar-refractivity contribution >= 4 is 16.7 Å². The van der Waals surface area contributed by atoms with Gasteiger partial charge in [-0.25, -0.2) is 4.98 Å². The highest BCUT2D eigenvalue weighted by Crippen LogP contribution is 2.27. The van der Waals surface area contributed by atoms with Crippen molar-refractivity contribution in [2.24, 2.45) is 0 Å². The van der Waals surface area contributed by atoms with E-state index in [1.165, 1.54) is 0 Å². The molecule has 0 spiro atoms. The van der Waals surface area contributed by atoms with Gasteiger partial charge in [0.15, 0.2) is 0 Å². The molecule has 168 valence electrons. The summed E-state index contributed by atoms with van der Waals surface area (Å²) in [7, 11) is 0. The summed E-state index contributed by atoms with van der Waals surface area (Å²) in [5.41, 5.74) is 6.08. The fourth-order valence-corrected chi connectivity index (χ4v) is 4.85. The van der Waals surface area contributed by atoms with Crippen LogP contribution in [-0.4, -0.2) is 58.0 Å². The summed E-state index contributed by atoms with van der Waals surface area (Å²) in [5.74, 6) is 0. The van der Waals surface area contributed by atoms with Crippen molar-refractivity contribution in [2.75, 3.05) is 13.1 Å². The topological polar surface area (TPSA) is 69.1 Å². The quantitative estimate of drug-likeness (QED) is 0.413. The van der Waals surface area contributed by atoms with Crippen LogP contribution in [0.2, 0.25) is 0 Å². The molecule has 1 fully saturated rings. The van der Waals surface area contributed by atoms with Gasteiger partial charge in [0, 0.05) is 48.8 Å². The Balaban J connectivity index is 1.26. The van der Waals surface area contributed by atoms with E-state index in [2.05, 4.69) is 55.2 Å². The van der Waals surface area contributed by atoms with Gasteiger partial charge in [-0.1, -0.05) is 6.07 Å². The van der Waals surface area contributed by atoms with E-state index in [1.54, 1.807) is 0 Å². The highest BCUT2D eigenvalue weighted by atomic mass is 15.3. The molecule has 6 heterocycles. The van der Waals surface area contributed by atoms with E-state index in [1.807, 2.05) is 53.9 Å². The van der Waals surface area contributed by atoms with E-state index in [0.29, 0.717) is 18.6 Å². The van der Waals surface area contributed by atoms with E-state index in [-0.39, 0.29) is 0 Å². The Morgan fingerprint density at radius 1 is 0.970 bits per heavy atom.